The van der Waals surface area contributed by atoms with Crippen molar-refractivity contribution in [1.29, 1.82) is 0 Å². The molecule has 116 valence electrons. The van der Waals surface area contributed by atoms with Gasteiger partial charge < -0.3 is 14.3 Å². The van der Waals surface area contributed by atoms with E-state index in [0.29, 0.717) is 5.92 Å². The predicted molar refractivity (Wildman–Crippen MR) is 76.8 cm³/mol. The first kappa shape index (κ1) is 14.5. The molecule has 6 heteroatoms. The lowest BCUT2D eigenvalue weighted by molar-refractivity contribution is -0.150. The van der Waals surface area contributed by atoms with Crippen molar-refractivity contribution >= 4 is 0 Å². The quantitative estimate of drug-likeness (QED) is 0.340. The van der Waals surface area contributed by atoms with Crippen LogP contribution in [0.25, 0.3) is 10.4 Å². The number of methoxy groups -OCH3 is 1. The SMILES string of the molecule is CO[C@H]1C[C@]12C1=C(CC[C@H](ON=[N+]=[N-])O1)CC(C)(C)[C@H]2C. The number of allylic oxidation sites excluding steroid dienone is 1. The zero-order valence-corrected chi connectivity index (χ0v) is 13.1. The maximum atomic E-state index is 8.38. The third-order valence-corrected chi connectivity index (χ3v) is 5.71. The molecule has 4 atom stereocenters. The summed E-state index contributed by atoms with van der Waals surface area (Å²) in [5.41, 5.74) is 9.99. The van der Waals surface area contributed by atoms with E-state index in [1.807, 2.05) is 0 Å². The first-order chi connectivity index (χ1) is 9.95. The molecule has 0 unspecified atom stereocenters. The Morgan fingerprint density at radius 2 is 2.19 bits per heavy atom. The van der Waals surface area contributed by atoms with E-state index in [9.17, 15) is 0 Å². The highest BCUT2D eigenvalue weighted by molar-refractivity contribution is 5.35. The van der Waals surface area contributed by atoms with Crippen LogP contribution >= 0.6 is 0 Å². The summed E-state index contributed by atoms with van der Waals surface area (Å²) in [5, 5.41) is 3.19. The number of hydrogen-bond acceptors (Lipinski definition) is 4. The Morgan fingerprint density at radius 1 is 1.43 bits per heavy atom. The fourth-order valence-electron chi connectivity index (χ4n) is 4.27. The summed E-state index contributed by atoms with van der Waals surface area (Å²) in [7, 11) is 1.77. The highest BCUT2D eigenvalue weighted by Crippen LogP contribution is 2.68. The van der Waals surface area contributed by atoms with Crippen molar-refractivity contribution in [2.75, 3.05) is 7.11 Å². The van der Waals surface area contributed by atoms with Crippen LogP contribution in [0.3, 0.4) is 0 Å². The monoisotopic (exact) mass is 293 g/mol. The van der Waals surface area contributed by atoms with E-state index in [0.717, 1.165) is 31.4 Å². The van der Waals surface area contributed by atoms with E-state index in [2.05, 4.69) is 31.0 Å². The number of nitrogens with zero attached hydrogens (tertiary/aromatic N) is 3. The molecule has 2 aliphatic carbocycles. The summed E-state index contributed by atoms with van der Waals surface area (Å²) in [6, 6.07) is 0. The van der Waals surface area contributed by atoms with Crippen LogP contribution in [0.2, 0.25) is 0 Å². The van der Waals surface area contributed by atoms with Gasteiger partial charge in [-0.05, 0) is 41.7 Å². The molecule has 1 spiro atoms. The van der Waals surface area contributed by atoms with Crippen LogP contribution in [0.5, 0.6) is 0 Å². The summed E-state index contributed by atoms with van der Waals surface area (Å²) >= 11 is 0. The lowest BCUT2D eigenvalue weighted by Crippen LogP contribution is -2.41. The minimum atomic E-state index is -0.469. The second-order valence-corrected chi connectivity index (χ2v) is 7.15. The Kier molecular flexibility index (Phi) is 3.34. The van der Waals surface area contributed by atoms with Crippen molar-refractivity contribution in [2.45, 2.75) is 58.8 Å². The number of fused-ring (bicyclic) bond motifs is 1. The molecule has 0 amide bonds. The molecule has 1 fully saturated rings. The molecule has 0 saturated heterocycles. The van der Waals surface area contributed by atoms with Gasteiger partial charge in [-0.3, -0.25) is 0 Å². The van der Waals surface area contributed by atoms with Gasteiger partial charge in [0.05, 0.1) is 11.5 Å². The summed E-state index contributed by atoms with van der Waals surface area (Å²) in [5.74, 6) is 1.53. The zero-order valence-electron chi connectivity index (χ0n) is 13.1. The smallest absolute Gasteiger partial charge is 0.249 e. The maximum Gasteiger partial charge on any atom is 0.249 e. The van der Waals surface area contributed by atoms with Crippen LogP contribution < -0.4 is 0 Å². The molecule has 0 bridgehead atoms. The lowest BCUT2D eigenvalue weighted by Gasteiger charge is -2.47. The van der Waals surface area contributed by atoms with E-state index in [-0.39, 0.29) is 16.9 Å². The van der Waals surface area contributed by atoms with Gasteiger partial charge >= 0.3 is 0 Å². The van der Waals surface area contributed by atoms with Crippen molar-refractivity contribution < 1.29 is 14.3 Å². The van der Waals surface area contributed by atoms with Gasteiger partial charge in [-0.25, -0.2) is 0 Å². The number of hydrogen-bond donors (Lipinski definition) is 0. The molecular weight excluding hydrogens is 270 g/mol. The average Bonchev–Trinajstić information content (AvgIpc) is 3.19. The molecule has 3 rings (SSSR count). The first-order valence-electron chi connectivity index (χ1n) is 7.58. The van der Waals surface area contributed by atoms with Crippen molar-refractivity contribution in [1.82, 2.24) is 0 Å². The van der Waals surface area contributed by atoms with Crippen LogP contribution in [0, 0.1) is 16.7 Å². The molecule has 0 radical (unpaired) electrons. The third-order valence-electron chi connectivity index (χ3n) is 5.71. The minimum absolute atomic E-state index is 0.0236. The van der Waals surface area contributed by atoms with E-state index >= 15 is 0 Å². The van der Waals surface area contributed by atoms with Gasteiger partial charge in [-0.15, -0.1) is 0 Å². The highest BCUT2D eigenvalue weighted by atomic mass is 16.8. The van der Waals surface area contributed by atoms with Crippen LogP contribution in [0.1, 0.15) is 46.5 Å². The first-order valence-corrected chi connectivity index (χ1v) is 7.58. The summed E-state index contributed by atoms with van der Waals surface area (Å²) in [6.45, 7) is 6.96. The molecule has 1 aliphatic heterocycles. The van der Waals surface area contributed by atoms with Crippen LogP contribution in [-0.4, -0.2) is 19.5 Å². The minimum Gasteiger partial charge on any atom is -0.458 e. The fourth-order valence-corrected chi connectivity index (χ4v) is 4.27. The Balaban J connectivity index is 1.92. The zero-order chi connectivity index (χ0) is 15.3. The number of azide groups is 1. The Labute approximate surface area is 125 Å². The second-order valence-electron chi connectivity index (χ2n) is 7.15. The molecular formula is C15H23N3O3. The van der Waals surface area contributed by atoms with Crippen LogP contribution in [-0.2, 0) is 14.3 Å². The van der Waals surface area contributed by atoms with E-state index < -0.39 is 6.29 Å². The van der Waals surface area contributed by atoms with E-state index in [4.69, 9.17) is 19.8 Å². The van der Waals surface area contributed by atoms with Crippen molar-refractivity contribution in [3.63, 3.8) is 0 Å². The second kappa shape index (κ2) is 4.82. The maximum absolute atomic E-state index is 8.38. The average molecular weight is 293 g/mol. The molecule has 0 aromatic carbocycles. The molecule has 0 N–H and O–H groups in total. The van der Waals surface area contributed by atoms with Crippen molar-refractivity contribution in [3.05, 3.63) is 21.8 Å². The molecule has 21 heavy (non-hydrogen) atoms. The van der Waals surface area contributed by atoms with Gasteiger partial charge in [0.25, 0.3) is 0 Å². The third kappa shape index (κ3) is 2.09. The standard InChI is InChI=1S/C15H23N3O3/c1-9-14(2,3)7-10-5-6-12(21-18-17-16)20-13(10)15(9)8-11(15)19-4/h9,11-12H,5-8H2,1-4H3/t9-,11+,12+,15-/m1/s1. The summed E-state index contributed by atoms with van der Waals surface area (Å²) in [6.07, 6.45) is 3.47. The summed E-state index contributed by atoms with van der Waals surface area (Å²) < 4.78 is 11.7. The van der Waals surface area contributed by atoms with Gasteiger partial charge in [-0.2, -0.15) is 0 Å². The van der Waals surface area contributed by atoms with Gasteiger partial charge in [0.2, 0.25) is 6.29 Å². The Hall–Kier alpha value is -1.39. The predicted octanol–water partition coefficient (Wildman–Crippen LogP) is 4.09. The molecule has 6 nitrogen and oxygen atoms in total. The van der Waals surface area contributed by atoms with E-state index in [1.165, 1.54) is 5.57 Å². The number of ether oxygens (including phenoxy) is 2. The fraction of sp³-hybridized carbons (Fsp3) is 0.867. The molecule has 0 aromatic heterocycles. The van der Waals surface area contributed by atoms with Crippen molar-refractivity contribution in [2.24, 2.45) is 22.0 Å². The molecule has 3 aliphatic rings. The van der Waals surface area contributed by atoms with Gasteiger partial charge in [0, 0.05) is 18.4 Å². The Bertz CT molecular complexity index is 524. The van der Waals surface area contributed by atoms with Gasteiger partial charge in [0.1, 0.15) is 11.0 Å². The highest BCUT2D eigenvalue weighted by Gasteiger charge is 2.68. The largest absolute Gasteiger partial charge is 0.458 e. The van der Waals surface area contributed by atoms with Crippen LogP contribution in [0.4, 0.5) is 0 Å². The van der Waals surface area contributed by atoms with E-state index in [1.54, 1.807) is 7.11 Å². The summed E-state index contributed by atoms with van der Waals surface area (Å²) in [4.78, 5) is 7.71. The lowest BCUT2D eigenvalue weighted by atomic mass is 9.61. The van der Waals surface area contributed by atoms with Crippen LogP contribution in [0.15, 0.2) is 16.6 Å². The number of rotatable bonds is 3. The Morgan fingerprint density at radius 3 is 2.81 bits per heavy atom. The molecule has 0 aromatic rings. The molecule has 1 saturated carbocycles. The van der Waals surface area contributed by atoms with Crippen molar-refractivity contribution in [3.8, 4) is 0 Å². The van der Waals surface area contributed by atoms with Gasteiger partial charge in [-0.1, -0.05) is 20.8 Å². The topological polar surface area (TPSA) is 76.5 Å². The van der Waals surface area contributed by atoms with Gasteiger partial charge in [0.15, 0.2) is 0 Å². The molecule has 1 heterocycles. The normalized spacial score (nSPS) is 40.1.